The molecule has 0 fully saturated rings. The Morgan fingerprint density at radius 1 is 1.33 bits per heavy atom. The minimum Gasteiger partial charge on any atom is -0.480 e. The Hall–Kier alpha value is -1.79. The Bertz CT molecular complexity index is 491. The van der Waals surface area contributed by atoms with E-state index in [0.717, 1.165) is 12.4 Å². The lowest BCUT2D eigenvalue weighted by Crippen LogP contribution is -2.04. The highest BCUT2D eigenvalue weighted by Gasteiger charge is 2.33. The van der Waals surface area contributed by atoms with Gasteiger partial charge in [-0.2, -0.15) is 13.2 Å². The molecule has 0 radical (unpaired) electrons. The first-order valence-electron chi connectivity index (χ1n) is 3.97. The summed E-state index contributed by atoms with van der Waals surface area (Å²) in [5, 5.41) is 0.215. The predicted molar refractivity (Wildman–Crippen MR) is 45.4 cm³/mol. The van der Waals surface area contributed by atoms with Gasteiger partial charge in [0, 0.05) is 0 Å². The highest BCUT2D eigenvalue weighted by Crippen LogP contribution is 2.32. The molecule has 0 unspecified atom stereocenters. The topological polar surface area (TPSA) is 50.8 Å². The molecule has 2 aromatic rings. The van der Waals surface area contributed by atoms with E-state index >= 15 is 0 Å². The van der Waals surface area contributed by atoms with E-state index < -0.39 is 11.9 Å². The summed E-state index contributed by atoms with van der Waals surface area (Å²) in [5.74, 6) is 0.117. The Morgan fingerprint density at radius 2 is 2.07 bits per heavy atom. The van der Waals surface area contributed by atoms with Gasteiger partial charge in [0.15, 0.2) is 0 Å². The normalized spacial score (nSPS) is 12.0. The van der Waals surface area contributed by atoms with Gasteiger partial charge in [0.2, 0.25) is 5.88 Å². The number of nitrogens with zero attached hydrogens (tertiary/aromatic N) is 2. The third-order valence-corrected chi connectivity index (χ3v) is 1.89. The van der Waals surface area contributed by atoms with Crippen LogP contribution in [0.5, 0.6) is 5.88 Å². The van der Waals surface area contributed by atoms with E-state index in [-0.39, 0.29) is 16.9 Å². The second kappa shape index (κ2) is 3.11. The van der Waals surface area contributed by atoms with Gasteiger partial charge in [0.1, 0.15) is 17.7 Å². The van der Waals surface area contributed by atoms with E-state index in [9.17, 15) is 13.2 Å². The summed E-state index contributed by atoms with van der Waals surface area (Å²) in [7, 11) is 1.34. The van der Waals surface area contributed by atoms with Crippen LogP contribution in [0.1, 0.15) is 5.69 Å². The third-order valence-electron chi connectivity index (χ3n) is 1.89. The van der Waals surface area contributed by atoms with Crippen LogP contribution in [0, 0.1) is 0 Å². The predicted octanol–water partition coefficient (Wildman–Crippen LogP) is 1.99. The summed E-state index contributed by atoms with van der Waals surface area (Å²) >= 11 is 0. The zero-order valence-corrected chi connectivity index (χ0v) is 7.59. The Morgan fingerprint density at radius 3 is 2.67 bits per heavy atom. The van der Waals surface area contributed by atoms with Gasteiger partial charge < -0.3 is 9.72 Å². The Kier molecular flexibility index (Phi) is 2.02. The van der Waals surface area contributed by atoms with Crippen molar-refractivity contribution in [3.8, 4) is 5.88 Å². The van der Waals surface area contributed by atoms with Crippen LogP contribution in [0.15, 0.2) is 12.4 Å². The maximum absolute atomic E-state index is 12.3. The summed E-state index contributed by atoms with van der Waals surface area (Å²) in [6.07, 6.45) is -3.29. The number of fused-ring (bicyclic) bond motifs is 1. The van der Waals surface area contributed by atoms with Crippen LogP contribution in [-0.4, -0.2) is 22.1 Å². The number of hydrogen-bond acceptors (Lipinski definition) is 3. The molecule has 1 N–H and O–H groups in total. The lowest BCUT2D eigenvalue weighted by molar-refractivity contribution is -0.140. The van der Waals surface area contributed by atoms with Crippen molar-refractivity contribution < 1.29 is 17.9 Å². The summed E-state index contributed by atoms with van der Waals surface area (Å²) in [5.41, 5.74) is -0.759. The second-order valence-corrected chi connectivity index (χ2v) is 2.83. The molecule has 0 saturated carbocycles. The van der Waals surface area contributed by atoms with Crippen molar-refractivity contribution in [3.63, 3.8) is 0 Å². The van der Waals surface area contributed by atoms with Crippen LogP contribution in [-0.2, 0) is 6.18 Å². The van der Waals surface area contributed by atoms with Crippen molar-refractivity contribution >= 4 is 11.0 Å². The molecule has 7 heteroatoms. The SMILES string of the molecule is COc1ncnc2[nH]c(C(F)(F)F)cc12. The van der Waals surface area contributed by atoms with Crippen molar-refractivity contribution in [2.45, 2.75) is 6.18 Å². The fourth-order valence-corrected chi connectivity index (χ4v) is 1.23. The average Bonchev–Trinajstić information content (AvgIpc) is 2.59. The monoisotopic (exact) mass is 217 g/mol. The molecule has 15 heavy (non-hydrogen) atoms. The fraction of sp³-hybridized carbons (Fsp3) is 0.250. The summed E-state index contributed by atoms with van der Waals surface area (Å²) in [4.78, 5) is 9.53. The third kappa shape index (κ3) is 1.60. The van der Waals surface area contributed by atoms with E-state index in [4.69, 9.17) is 4.74 Å². The van der Waals surface area contributed by atoms with Crippen molar-refractivity contribution in [1.29, 1.82) is 0 Å². The first-order valence-corrected chi connectivity index (χ1v) is 3.97. The molecule has 0 saturated heterocycles. The number of methoxy groups -OCH3 is 1. The van der Waals surface area contributed by atoms with Crippen LogP contribution in [0.25, 0.3) is 11.0 Å². The van der Waals surface area contributed by atoms with Crippen molar-refractivity contribution in [2.75, 3.05) is 7.11 Å². The number of rotatable bonds is 1. The first kappa shape index (κ1) is 9.75. The number of nitrogens with one attached hydrogen (secondary N) is 1. The molecule has 0 aliphatic rings. The van der Waals surface area contributed by atoms with Gasteiger partial charge >= 0.3 is 6.18 Å². The summed E-state index contributed by atoms with van der Waals surface area (Å²) in [6.45, 7) is 0. The lowest BCUT2D eigenvalue weighted by Gasteiger charge is -2.00. The smallest absolute Gasteiger partial charge is 0.431 e. The van der Waals surface area contributed by atoms with Gasteiger partial charge in [0.25, 0.3) is 0 Å². The molecule has 0 amide bonds. The number of aromatic amines is 1. The maximum atomic E-state index is 12.3. The molecule has 2 aromatic heterocycles. The molecular formula is C8H6F3N3O. The molecule has 2 heterocycles. The van der Waals surface area contributed by atoms with Crippen LogP contribution in [0.3, 0.4) is 0 Å². The van der Waals surface area contributed by atoms with Gasteiger partial charge in [-0.25, -0.2) is 9.97 Å². The van der Waals surface area contributed by atoms with Gasteiger partial charge in [-0.3, -0.25) is 0 Å². The number of H-pyrrole nitrogens is 1. The minimum absolute atomic E-state index is 0.106. The van der Waals surface area contributed by atoms with Gasteiger partial charge in [-0.1, -0.05) is 0 Å². The highest BCUT2D eigenvalue weighted by molar-refractivity contribution is 5.81. The van der Waals surface area contributed by atoms with E-state index in [2.05, 4.69) is 15.0 Å². The maximum Gasteiger partial charge on any atom is 0.431 e. The second-order valence-electron chi connectivity index (χ2n) is 2.83. The van der Waals surface area contributed by atoms with E-state index in [1.165, 1.54) is 7.11 Å². The number of halogens is 3. The summed E-state index contributed by atoms with van der Waals surface area (Å²) in [6, 6.07) is 0.925. The lowest BCUT2D eigenvalue weighted by atomic mass is 10.3. The molecule has 0 aliphatic heterocycles. The summed E-state index contributed by atoms with van der Waals surface area (Å²) < 4.78 is 41.8. The van der Waals surface area contributed by atoms with Crippen LogP contribution in [0.4, 0.5) is 13.2 Å². The van der Waals surface area contributed by atoms with E-state index in [1.54, 1.807) is 0 Å². The standard InChI is InChI=1S/C8H6F3N3O/c1-15-7-4-2-5(8(9,10)11)14-6(4)12-3-13-7/h2-3H,1H3,(H,12,13,14). The molecule has 4 nitrogen and oxygen atoms in total. The highest BCUT2D eigenvalue weighted by atomic mass is 19.4. The Labute approximate surface area is 82.1 Å². The molecule has 0 aromatic carbocycles. The molecule has 0 atom stereocenters. The molecule has 2 rings (SSSR count). The number of ether oxygens (including phenoxy) is 1. The van der Waals surface area contributed by atoms with Crippen molar-refractivity contribution in [3.05, 3.63) is 18.1 Å². The van der Waals surface area contributed by atoms with Gasteiger partial charge in [-0.15, -0.1) is 0 Å². The first-order chi connectivity index (χ1) is 7.02. The Balaban J connectivity index is 2.65. The molecule has 0 spiro atoms. The fourth-order valence-electron chi connectivity index (χ4n) is 1.23. The molecular weight excluding hydrogens is 211 g/mol. The number of hydrogen-bond donors (Lipinski definition) is 1. The van der Waals surface area contributed by atoms with Gasteiger partial charge in [0.05, 0.1) is 12.5 Å². The molecule has 0 bridgehead atoms. The largest absolute Gasteiger partial charge is 0.480 e. The van der Waals surface area contributed by atoms with E-state index in [1.807, 2.05) is 0 Å². The van der Waals surface area contributed by atoms with Gasteiger partial charge in [-0.05, 0) is 6.07 Å². The number of alkyl halides is 3. The molecule has 80 valence electrons. The molecule has 0 aliphatic carbocycles. The average molecular weight is 217 g/mol. The van der Waals surface area contributed by atoms with Crippen molar-refractivity contribution in [2.24, 2.45) is 0 Å². The minimum atomic E-state index is -4.42. The quantitative estimate of drug-likeness (QED) is 0.794. The number of aromatic nitrogens is 3. The zero-order chi connectivity index (χ0) is 11.1. The van der Waals surface area contributed by atoms with Crippen molar-refractivity contribution in [1.82, 2.24) is 15.0 Å². The van der Waals surface area contributed by atoms with E-state index in [0.29, 0.717) is 0 Å². The zero-order valence-electron chi connectivity index (χ0n) is 7.59. The van der Waals surface area contributed by atoms with Crippen LogP contribution < -0.4 is 4.74 Å². The van der Waals surface area contributed by atoms with Crippen LogP contribution in [0.2, 0.25) is 0 Å². The van der Waals surface area contributed by atoms with Crippen LogP contribution >= 0.6 is 0 Å².